The molecule has 0 atom stereocenters. The summed E-state index contributed by atoms with van der Waals surface area (Å²) in [5.41, 5.74) is -0.229. The zero-order valence-electron chi connectivity index (χ0n) is 10.7. The third-order valence-corrected chi connectivity index (χ3v) is 4.76. The van der Waals surface area contributed by atoms with E-state index in [4.69, 9.17) is 0 Å². The second kappa shape index (κ2) is 5.84. The van der Waals surface area contributed by atoms with E-state index in [-0.39, 0.29) is 11.4 Å². The van der Waals surface area contributed by atoms with Gasteiger partial charge in [-0.15, -0.1) is 11.3 Å². The number of benzene rings is 1. The SMILES string of the molecule is Cc1nc(CNS(=O)(=O)c2ccc([N+](=O)[O-])c(F)c2)cs1. The minimum atomic E-state index is -3.96. The minimum absolute atomic E-state index is 0.0364. The molecule has 0 aliphatic heterocycles. The van der Waals surface area contributed by atoms with Crippen LogP contribution in [-0.2, 0) is 16.6 Å². The Balaban J connectivity index is 2.19. The van der Waals surface area contributed by atoms with Crippen LogP contribution in [0, 0.1) is 22.9 Å². The van der Waals surface area contributed by atoms with Crippen LogP contribution in [0.4, 0.5) is 10.1 Å². The van der Waals surface area contributed by atoms with Gasteiger partial charge in [0, 0.05) is 17.5 Å². The first kappa shape index (κ1) is 15.5. The van der Waals surface area contributed by atoms with Crippen molar-refractivity contribution in [3.05, 3.63) is 50.2 Å². The molecule has 0 aliphatic rings. The normalized spacial score (nSPS) is 11.5. The second-order valence-electron chi connectivity index (χ2n) is 4.05. The van der Waals surface area contributed by atoms with E-state index < -0.39 is 26.5 Å². The number of rotatable bonds is 5. The Kier molecular flexibility index (Phi) is 4.30. The molecule has 2 aromatic rings. The van der Waals surface area contributed by atoms with Crippen molar-refractivity contribution in [2.45, 2.75) is 18.4 Å². The van der Waals surface area contributed by atoms with Crippen LogP contribution in [0.1, 0.15) is 10.7 Å². The van der Waals surface area contributed by atoms with Crippen LogP contribution in [0.5, 0.6) is 0 Å². The van der Waals surface area contributed by atoms with Gasteiger partial charge in [-0.1, -0.05) is 0 Å². The molecule has 0 amide bonds. The molecule has 7 nitrogen and oxygen atoms in total. The molecule has 2 rings (SSSR count). The van der Waals surface area contributed by atoms with E-state index in [1.165, 1.54) is 11.3 Å². The van der Waals surface area contributed by atoms with Crippen LogP contribution < -0.4 is 4.72 Å². The van der Waals surface area contributed by atoms with Crippen LogP contribution >= 0.6 is 11.3 Å². The van der Waals surface area contributed by atoms with Gasteiger partial charge in [0.15, 0.2) is 0 Å². The number of aryl methyl sites for hydroxylation is 1. The third kappa shape index (κ3) is 3.60. The van der Waals surface area contributed by atoms with Crippen LogP contribution in [0.2, 0.25) is 0 Å². The Morgan fingerprint density at radius 2 is 2.19 bits per heavy atom. The van der Waals surface area contributed by atoms with Gasteiger partial charge in [0.1, 0.15) is 0 Å². The Hall–Kier alpha value is -1.91. The van der Waals surface area contributed by atoms with E-state index in [1.54, 1.807) is 12.3 Å². The van der Waals surface area contributed by atoms with Crippen molar-refractivity contribution >= 4 is 27.0 Å². The number of nitro benzene ring substituents is 1. The van der Waals surface area contributed by atoms with Gasteiger partial charge in [0.05, 0.1) is 27.1 Å². The number of nitro groups is 1. The van der Waals surface area contributed by atoms with Gasteiger partial charge in [-0.3, -0.25) is 10.1 Å². The summed E-state index contributed by atoms with van der Waals surface area (Å²) in [7, 11) is -3.96. The second-order valence-corrected chi connectivity index (χ2v) is 6.88. The maximum absolute atomic E-state index is 13.5. The molecular weight excluding hydrogens is 321 g/mol. The number of nitrogens with one attached hydrogen (secondary N) is 1. The van der Waals surface area contributed by atoms with Crippen molar-refractivity contribution in [3.8, 4) is 0 Å². The monoisotopic (exact) mass is 331 g/mol. The molecule has 10 heteroatoms. The Labute approximate surface area is 123 Å². The lowest BCUT2D eigenvalue weighted by molar-refractivity contribution is -0.387. The highest BCUT2D eigenvalue weighted by Gasteiger charge is 2.20. The van der Waals surface area contributed by atoms with E-state index in [1.807, 2.05) is 0 Å². The van der Waals surface area contributed by atoms with Gasteiger partial charge in [-0.05, 0) is 13.0 Å². The third-order valence-electron chi connectivity index (χ3n) is 2.54. The van der Waals surface area contributed by atoms with Gasteiger partial charge < -0.3 is 0 Å². The van der Waals surface area contributed by atoms with Gasteiger partial charge in [0.2, 0.25) is 15.8 Å². The maximum atomic E-state index is 13.5. The molecule has 112 valence electrons. The first-order valence-corrected chi connectivity index (χ1v) is 8.00. The zero-order chi connectivity index (χ0) is 15.6. The summed E-state index contributed by atoms with van der Waals surface area (Å²) in [6, 6.07) is 2.42. The average Bonchev–Trinajstić information content (AvgIpc) is 2.82. The predicted molar refractivity (Wildman–Crippen MR) is 73.9 cm³/mol. The summed E-state index contributed by atoms with van der Waals surface area (Å²) in [6.07, 6.45) is 0. The molecule has 1 N–H and O–H groups in total. The Morgan fingerprint density at radius 1 is 1.48 bits per heavy atom. The summed E-state index contributed by atoms with van der Waals surface area (Å²) in [4.78, 5) is 13.3. The van der Waals surface area contributed by atoms with E-state index in [9.17, 15) is 22.9 Å². The Bertz CT molecular complexity index is 789. The number of sulfonamides is 1. The molecule has 0 spiro atoms. The van der Waals surface area contributed by atoms with Crippen molar-refractivity contribution in [2.24, 2.45) is 0 Å². The summed E-state index contributed by atoms with van der Waals surface area (Å²) >= 11 is 1.38. The first-order valence-electron chi connectivity index (χ1n) is 5.64. The van der Waals surface area contributed by atoms with Crippen LogP contribution in [0.3, 0.4) is 0 Å². The number of aromatic nitrogens is 1. The molecule has 1 aromatic carbocycles. The van der Waals surface area contributed by atoms with Gasteiger partial charge in [-0.2, -0.15) is 4.39 Å². The summed E-state index contributed by atoms with van der Waals surface area (Å²) in [5.74, 6) is -1.20. The largest absolute Gasteiger partial charge is 0.304 e. The number of nitrogens with zero attached hydrogens (tertiary/aromatic N) is 2. The lowest BCUT2D eigenvalue weighted by atomic mass is 10.3. The fourth-order valence-corrected chi connectivity index (χ4v) is 3.17. The van der Waals surface area contributed by atoms with Crippen LogP contribution in [-0.4, -0.2) is 18.3 Å². The fraction of sp³-hybridized carbons (Fsp3) is 0.182. The van der Waals surface area contributed by atoms with Crippen LogP contribution in [0.25, 0.3) is 0 Å². The molecule has 1 aromatic heterocycles. The fourth-order valence-electron chi connectivity index (χ4n) is 1.54. The smallest absolute Gasteiger partial charge is 0.258 e. The lowest BCUT2D eigenvalue weighted by Gasteiger charge is -2.05. The molecule has 0 aliphatic carbocycles. The first-order chi connectivity index (χ1) is 9.79. The lowest BCUT2D eigenvalue weighted by Crippen LogP contribution is -2.23. The van der Waals surface area contributed by atoms with Gasteiger partial charge >= 0.3 is 5.69 Å². The van der Waals surface area contributed by atoms with Gasteiger partial charge in [-0.25, -0.2) is 18.1 Å². The maximum Gasteiger partial charge on any atom is 0.304 e. The van der Waals surface area contributed by atoms with E-state index >= 15 is 0 Å². The molecule has 0 unspecified atom stereocenters. The molecule has 21 heavy (non-hydrogen) atoms. The highest BCUT2D eigenvalue weighted by Crippen LogP contribution is 2.20. The molecule has 0 saturated carbocycles. The van der Waals surface area contributed by atoms with Crippen LogP contribution in [0.15, 0.2) is 28.5 Å². The molecule has 0 radical (unpaired) electrons. The number of hydrogen-bond donors (Lipinski definition) is 1. The Morgan fingerprint density at radius 3 is 2.71 bits per heavy atom. The molecule has 0 fully saturated rings. The van der Waals surface area contributed by atoms with E-state index in [2.05, 4.69) is 9.71 Å². The minimum Gasteiger partial charge on any atom is -0.258 e. The van der Waals surface area contributed by atoms with Crippen molar-refractivity contribution < 1.29 is 17.7 Å². The van der Waals surface area contributed by atoms with Crippen molar-refractivity contribution in [1.82, 2.24) is 9.71 Å². The summed E-state index contributed by atoms with van der Waals surface area (Å²) in [6.45, 7) is 1.75. The highest BCUT2D eigenvalue weighted by atomic mass is 32.2. The molecule has 1 heterocycles. The van der Waals surface area contributed by atoms with Crippen molar-refractivity contribution in [3.63, 3.8) is 0 Å². The quantitative estimate of drug-likeness (QED) is 0.666. The van der Waals surface area contributed by atoms with Crippen molar-refractivity contribution in [2.75, 3.05) is 0 Å². The molecule has 0 saturated heterocycles. The number of hydrogen-bond acceptors (Lipinski definition) is 6. The van der Waals surface area contributed by atoms with Gasteiger partial charge in [0.25, 0.3) is 0 Å². The number of thiazole rings is 1. The molecular formula is C11H10FN3O4S2. The summed E-state index contributed by atoms with van der Waals surface area (Å²) < 4.78 is 39.7. The highest BCUT2D eigenvalue weighted by molar-refractivity contribution is 7.89. The topological polar surface area (TPSA) is 102 Å². The predicted octanol–water partition coefficient (Wildman–Crippen LogP) is 1.98. The van der Waals surface area contributed by atoms with Crippen molar-refractivity contribution in [1.29, 1.82) is 0 Å². The van der Waals surface area contributed by atoms with E-state index in [0.29, 0.717) is 11.8 Å². The molecule has 0 bridgehead atoms. The number of halogens is 1. The average molecular weight is 331 g/mol. The standard InChI is InChI=1S/C11H10FN3O4S2/c1-7-14-8(6-20-7)5-13-21(18,19)9-2-3-11(15(16)17)10(12)4-9/h2-4,6,13H,5H2,1H3. The van der Waals surface area contributed by atoms with E-state index in [0.717, 1.165) is 17.1 Å². The zero-order valence-corrected chi connectivity index (χ0v) is 12.4. The summed E-state index contributed by atoms with van der Waals surface area (Å²) in [5, 5.41) is 13.0.